The Bertz CT molecular complexity index is 357. The van der Waals surface area contributed by atoms with Crippen molar-refractivity contribution in [2.75, 3.05) is 13.2 Å². The molecule has 1 aliphatic carbocycles. The van der Waals surface area contributed by atoms with Crippen molar-refractivity contribution in [1.29, 1.82) is 0 Å². The summed E-state index contributed by atoms with van der Waals surface area (Å²) in [4.78, 5) is 14.1. The van der Waals surface area contributed by atoms with Crippen LogP contribution < -0.4 is 0 Å². The van der Waals surface area contributed by atoms with Crippen LogP contribution in [0.2, 0.25) is 0 Å². The van der Waals surface area contributed by atoms with E-state index in [-0.39, 0.29) is 12.5 Å². The fourth-order valence-electron chi connectivity index (χ4n) is 2.28. The largest absolute Gasteiger partial charge is 0.469 e. The Morgan fingerprint density at radius 1 is 1.50 bits per heavy atom. The van der Waals surface area contributed by atoms with E-state index in [2.05, 4.69) is 0 Å². The lowest BCUT2D eigenvalue weighted by Crippen LogP contribution is -2.45. The Labute approximate surface area is 108 Å². The summed E-state index contributed by atoms with van der Waals surface area (Å²) in [5.41, 5.74) is 0. The predicted octanol–water partition coefficient (Wildman–Crippen LogP) is 1.98. The molecule has 18 heavy (non-hydrogen) atoms. The Morgan fingerprint density at radius 2 is 2.33 bits per heavy atom. The minimum Gasteiger partial charge on any atom is -0.469 e. The molecule has 0 bridgehead atoms. The first-order valence-corrected chi connectivity index (χ1v) is 6.74. The van der Waals surface area contributed by atoms with E-state index in [9.17, 15) is 4.79 Å². The summed E-state index contributed by atoms with van der Waals surface area (Å²) in [5, 5.41) is 8.90. The number of nitrogens with zero attached hydrogens (tertiary/aromatic N) is 1. The summed E-state index contributed by atoms with van der Waals surface area (Å²) in [5.74, 6) is 1.05. The predicted molar refractivity (Wildman–Crippen MR) is 68.1 cm³/mol. The molecule has 0 unspecified atom stereocenters. The quantitative estimate of drug-likeness (QED) is 0.806. The number of carbonyl (C=O) groups is 1. The minimum absolute atomic E-state index is 0.148. The van der Waals surface area contributed by atoms with Crippen LogP contribution in [0.25, 0.3) is 0 Å². The number of aryl methyl sites for hydroxylation is 1. The van der Waals surface area contributed by atoms with Crippen molar-refractivity contribution in [3.63, 3.8) is 0 Å². The van der Waals surface area contributed by atoms with E-state index in [4.69, 9.17) is 9.52 Å². The van der Waals surface area contributed by atoms with Crippen molar-refractivity contribution >= 4 is 5.91 Å². The summed E-state index contributed by atoms with van der Waals surface area (Å²) in [6.07, 6.45) is 6.89. The second-order valence-corrected chi connectivity index (χ2v) is 4.83. The van der Waals surface area contributed by atoms with Crippen LogP contribution >= 0.6 is 0 Å². The van der Waals surface area contributed by atoms with Gasteiger partial charge in [0.25, 0.3) is 0 Å². The molecule has 0 spiro atoms. The standard InChI is InChI=1S/C14H21NO3/c16-10-3-9-15(12-4-1-5-12)14(17)8-7-13-6-2-11-18-13/h2,6,11-12,16H,1,3-5,7-10H2. The van der Waals surface area contributed by atoms with Gasteiger partial charge in [-0.15, -0.1) is 0 Å². The van der Waals surface area contributed by atoms with E-state index in [1.165, 1.54) is 6.42 Å². The van der Waals surface area contributed by atoms with E-state index in [0.717, 1.165) is 18.6 Å². The van der Waals surface area contributed by atoms with Crippen molar-refractivity contribution in [2.45, 2.75) is 44.6 Å². The zero-order valence-electron chi connectivity index (χ0n) is 10.7. The van der Waals surface area contributed by atoms with Crippen molar-refractivity contribution < 1.29 is 14.3 Å². The van der Waals surface area contributed by atoms with Gasteiger partial charge in [-0.05, 0) is 37.8 Å². The zero-order valence-corrected chi connectivity index (χ0v) is 10.7. The maximum absolute atomic E-state index is 12.2. The lowest BCUT2D eigenvalue weighted by Gasteiger charge is -2.37. The molecule has 1 aromatic heterocycles. The number of hydrogen-bond acceptors (Lipinski definition) is 3. The number of carbonyl (C=O) groups excluding carboxylic acids is 1. The van der Waals surface area contributed by atoms with E-state index < -0.39 is 0 Å². The highest BCUT2D eigenvalue weighted by atomic mass is 16.3. The molecule has 1 N–H and O–H groups in total. The molecule has 1 aromatic rings. The third-order valence-corrected chi connectivity index (χ3v) is 3.56. The highest BCUT2D eigenvalue weighted by Gasteiger charge is 2.27. The van der Waals surface area contributed by atoms with Gasteiger partial charge in [0.15, 0.2) is 0 Å². The molecule has 1 heterocycles. The lowest BCUT2D eigenvalue weighted by atomic mass is 9.91. The van der Waals surface area contributed by atoms with E-state index in [1.54, 1.807) is 6.26 Å². The molecular weight excluding hydrogens is 230 g/mol. The number of aliphatic hydroxyl groups is 1. The third-order valence-electron chi connectivity index (χ3n) is 3.56. The average molecular weight is 251 g/mol. The molecule has 1 amide bonds. The lowest BCUT2D eigenvalue weighted by molar-refractivity contribution is -0.135. The molecule has 0 atom stereocenters. The molecule has 2 rings (SSSR count). The topological polar surface area (TPSA) is 53.7 Å². The van der Waals surface area contributed by atoms with Gasteiger partial charge in [0.05, 0.1) is 6.26 Å². The Hall–Kier alpha value is -1.29. The maximum atomic E-state index is 12.2. The van der Waals surface area contributed by atoms with E-state index in [0.29, 0.717) is 31.8 Å². The molecule has 1 fully saturated rings. The first-order chi connectivity index (χ1) is 8.81. The number of furan rings is 1. The molecule has 100 valence electrons. The van der Waals surface area contributed by atoms with Gasteiger partial charge >= 0.3 is 0 Å². The smallest absolute Gasteiger partial charge is 0.223 e. The normalized spacial score (nSPS) is 15.4. The molecule has 4 nitrogen and oxygen atoms in total. The fourth-order valence-corrected chi connectivity index (χ4v) is 2.28. The Balaban J connectivity index is 1.82. The van der Waals surface area contributed by atoms with Crippen LogP contribution in [0.15, 0.2) is 22.8 Å². The van der Waals surface area contributed by atoms with Gasteiger partial charge < -0.3 is 14.4 Å². The molecule has 0 radical (unpaired) electrons. The van der Waals surface area contributed by atoms with Crippen LogP contribution in [0.5, 0.6) is 0 Å². The summed E-state index contributed by atoms with van der Waals surface area (Å²) >= 11 is 0. The summed E-state index contributed by atoms with van der Waals surface area (Å²) in [7, 11) is 0. The first kappa shape index (κ1) is 13.1. The summed E-state index contributed by atoms with van der Waals surface area (Å²) in [6.45, 7) is 0.826. The van der Waals surface area contributed by atoms with Gasteiger partial charge in [-0.3, -0.25) is 4.79 Å². The van der Waals surface area contributed by atoms with Crippen molar-refractivity contribution in [1.82, 2.24) is 4.90 Å². The van der Waals surface area contributed by atoms with Crippen LogP contribution in [0.4, 0.5) is 0 Å². The number of amides is 1. The highest BCUT2D eigenvalue weighted by Crippen LogP contribution is 2.25. The van der Waals surface area contributed by atoms with Crippen molar-refractivity contribution in [3.05, 3.63) is 24.2 Å². The summed E-state index contributed by atoms with van der Waals surface area (Å²) < 4.78 is 5.23. The molecule has 0 aliphatic heterocycles. The maximum Gasteiger partial charge on any atom is 0.223 e. The third kappa shape index (κ3) is 3.35. The van der Waals surface area contributed by atoms with E-state index in [1.807, 2.05) is 17.0 Å². The monoisotopic (exact) mass is 251 g/mol. The minimum atomic E-state index is 0.148. The van der Waals surface area contributed by atoms with Gasteiger partial charge in [0, 0.05) is 32.0 Å². The fraction of sp³-hybridized carbons (Fsp3) is 0.643. The Kier molecular flexibility index (Phi) is 4.81. The van der Waals surface area contributed by atoms with Gasteiger partial charge in [-0.1, -0.05) is 0 Å². The second kappa shape index (κ2) is 6.59. The highest BCUT2D eigenvalue weighted by molar-refractivity contribution is 5.76. The summed E-state index contributed by atoms with van der Waals surface area (Å²) in [6, 6.07) is 4.14. The number of rotatable bonds is 7. The van der Waals surface area contributed by atoms with Crippen LogP contribution in [0.1, 0.15) is 37.9 Å². The average Bonchev–Trinajstić information content (AvgIpc) is 2.81. The number of hydrogen-bond donors (Lipinski definition) is 1. The Morgan fingerprint density at radius 3 is 2.89 bits per heavy atom. The van der Waals surface area contributed by atoms with Crippen LogP contribution in [0.3, 0.4) is 0 Å². The van der Waals surface area contributed by atoms with Gasteiger partial charge in [-0.25, -0.2) is 0 Å². The molecule has 1 aliphatic rings. The van der Waals surface area contributed by atoms with Crippen molar-refractivity contribution in [2.24, 2.45) is 0 Å². The SMILES string of the molecule is O=C(CCc1ccco1)N(CCCO)C1CCC1. The molecule has 4 heteroatoms. The van der Waals surface area contributed by atoms with Gasteiger partial charge in [-0.2, -0.15) is 0 Å². The number of aliphatic hydroxyl groups excluding tert-OH is 1. The van der Waals surface area contributed by atoms with Crippen LogP contribution in [-0.4, -0.2) is 35.1 Å². The molecular formula is C14H21NO3. The molecule has 0 saturated heterocycles. The molecule has 0 aromatic carbocycles. The van der Waals surface area contributed by atoms with Crippen LogP contribution in [0, 0.1) is 0 Å². The van der Waals surface area contributed by atoms with Gasteiger partial charge in [0.2, 0.25) is 5.91 Å². The van der Waals surface area contributed by atoms with E-state index >= 15 is 0 Å². The first-order valence-electron chi connectivity index (χ1n) is 6.74. The van der Waals surface area contributed by atoms with Crippen molar-refractivity contribution in [3.8, 4) is 0 Å². The zero-order chi connectivity index (χ0) is 12.8. The van der Waals surface area contributed by atoms with Gasteiger partial charge in [0.1, 0.15) is 5.76 Å². The second-order valence-electron chi connectivity index (χ2n) is 4.83. The van der Waals surface area contributed by atoms with Crippen LogP contribution in [-0.2, 0) is 11.2 Å². The molecule has 1 saturated carbocycles.